The smallest absolute Gasteiger partial charge is 0.300 e. The summed E-state index contributed by atoms with van der Waals surface area (Å²) in [7, 11) is 0. The number of aromatic nitrogens is 3. The standard InChI is InChI=1S/C12H12F3N3.C6H10O/c1-8(2)18-4-3-11(17-18)9-5-10(7-16-6-9)12(13,14)15;1-5-2-3-6(7)4-5/h3-8H,1-2H3;5H,2-4H2,1H3. The van der Waals surface area contributed by atoms with Crippen molar-refractivity contribution in [3.63, 3.8) is 0 Å². The number of ketones is 1. The lowest BCUT2D eigenvalue weighted by Crippen LogP contribution is -2.05. The molecule has 1 unspecified atom stereocenters. The van der Waals surface area contributed by atoms with Crippen molar-refractivity contribution < 1.29 is 18.0 Å². The summed E-state index contributed by atoms with van der Waals surface area (Å²) in [5.41, 5.74) is 0.0885. The van der Waals surface area contributed by atoms with Crippen LogP contribution in [-0.2, 0) is 11.0 Å². The van der Waals surface area contributed by atoms with Gasteiger partial charge in [0.25, 0.3) is 0 Å². The maximum atomic E-state index is 12.6. The van der Waals surface area contributed by atoms with Gasteiger partial charge in [-0.05, 0) is 38.3 Å². The molecule has 7 heteroatoms. The minimum atomic E-state index is -4.39. The Morgan fingerprint density at radius 3 is 2.44 bits per heavy atom. The quantitative estimate of drug-likeness (QED) is 0.770. The first-order valence-corrected chi connectivity index (χ1v) is 8.26. The van der Waals surface area contributed by atoms with Crippen molar-refractivity contribution in [3.8, 4) is 11.3 Å². The first-order valence-electron chi connectivity index (χ1n) is 8.26. The second-order valence-electron chi connectivity index (χ2n) is 6.62. The van der Waals surface area contributed by atoms with Crippen LogP contribution in [0.15, 0.2) is 30.7 Å². The van der Waals surface area contributed by atoms with Crippen molar-refractivity contribution in [2.24, 2.45) is 5.92 Å². The molecule has 0 aromatic carbocycles. The minimum Gasteiger partial charge on any atom is -0.300 e. The molecular weight excluding hydrogens is 331 g/mol. The molecule has 0 spiro atoms. The molecule has 25 heavy (non-hydrogen) atoms. The Morgan fingerprint density at radius 1 is 1.28 bits per heavy atom. The van der Waals surface area contributed by atoms with E-state index in [-0.39, 0.29) is 6.04 Å². The highest BCUT2D eigenvalue weighted by atomic mass is 19.4. The van der Waals surface area contributed by atoms with Crippen LogP contribution >= 0.6 is 0 Å². The number of carbonyl (C=O) groups excluding carboxylic acids is 1. The van der Waals surface area contributed by atoms with Crippen LogP contribution in [0.5, 0.6) is 0 Å². The van der Waals surface area contributed by atoms with E-state index >= 15 is 0 Å². The van der Waals surface area contributed by atoms with Crippen molar-refractivity contribution in [1.29, 1.82) is 0 Å². The molecule has 0 N–H and O–H groups in total. The van der Waals surface area contributed by atoms with Crippen LogP contribution in [0.4, 0.5) is 13.2 Å². The van der Waals surface area contributed by atoms with Crippen LogP contribution in [0.1, 0.15) is 51.6 Å². The maximum Gasteiger partial charge on any atom is 0.417 e. The molecule has 0 amide bonds. The molecule has 3 rings (SSSR count). The van der Waals surface area contributed by atoms with Crippen molar-refractivity contribution in [2.75, 3.05) is 0 Å². The van der Waals surface area contributed by atoms with Crippen molar-refractivity contribution in [3.05, 3.63) is 36.3 Å². The fourth-order valence-electron chi connectivity index (χ4n) is 2.51. The van der Waals surface area contributed by atoms with Gasteiger partial charge >= 0.3 is 6.18 Å². The Balaban J connectivity index is 0.000000269. The fourth-order valence-corrected chi connectivity index (χ4v) is 2.51. The number of rotatable bonds is 2. The second kappa shape index (κ2) is 7.80. The lowest BCUT2D eigenvalue weighted by Gasteiger charge is -2.07. The van der Waals surface area contributed by atoms with Crippen LogP contribution in [-0.4, -0.2) is 20.5 Å². The van der Waals surface area contributed by atoms with Crippen LogP contribution in [0, 0.1) is 5.92 Å². The highest BCUT2D eigenvalue weighted by Crippen LogP contribution is 2.31. The van der Waals surface area contributed by atoms with E-state index in [9.17, 15) is 18.0 Å². The van der Waals surface area contributed by atoms with Gasteiger partial charge in [0.2, 0.25) is 0 Å². The molecule has 2 aromatic heterocycles. The average Bonchev–Trinajstić information content (AvgIpc) is 3.16. The maximum absolute atomic E-state index is 12.6. The molecular formula is C18H22F3N3O. The van der Waals surface area contributed by atoms with Crippen LogP contribution < -0.4 is 0 Å². The van der Waals surface area contributed by atoms with Gasteiger partial charge in [-0.3, -0.25) is 14.5 Å². The van der Waals surface area contributed by atoms with Crippen LogP contribution in [0.2, 0.25) is 0 Å². The lowest BCUT2D eigenvalue weighted by atomic mass is 10.1. The van der Waals surface area contributed by atoms with Crippen molar-refractivity contribution in [2.45, 2.75) is 52.3 Å². The third-order valence-corrected chi connectivity index (χ3v) is 3.99. The molecule has 1 fully saturated rings. The SMILES string of the molecule is CC(C)n1ccc(-c2cncc(C(F)(F)F)c2)n1.CC1CCC(=O)C1. The van der Waals surface area contributed by atoms with Gasteiger partial charge in [-0.1, -0.05) is 6.92 Å². The Bertz CT molecular complexity index is 722. The Morgan fingerprint density at radius 2 is 2.00 bits per heavy atom. The molecule has 0 bridgehead atoms. The number of alkyl halides is 3. The highest BCUT2D eigenvalue weighted by molar-refractivity contribution is 5.80. The first-order chi connectivity index (χ1) is 11.7. The monoisotopic (exact) mass is 353 g/mol. The molecule has 0 aliphatic heterocycles. The summed E-state index contributed by atoms with van der Waals surface area (Å²) in [5, 5.41) is 4.21. The number of hydrogen-bond donors (Lipinski definition) is 0. The highest BCUT2D eigenvalue weighted by Gasteiger charge is 2.31. The molecule has 1 aliphatic rings. The number of pyridine rings is 1. The van der Waals surface area contributed by atoms with Gasteiger partial charge in [-0.2, -0.15) is 18.3 Å². The fraction of sp³-hybridized carbons (Fsp3) is 0.500. The molecule has 2 heterocycles. The summed E-state index contributed by atoms with van der Waals surface area (Å²) in [5.74, 6) is 1.12. The predicted molar refractivity (Wildman–Crippen MR) is 88.9 cm³/mol. The summed E-state index contributed by atoms with van der Waals surface area (Å²) in [6.07, 6.45) is 2.33. The summed E-state index contributed by atoms with van der Waals surface area (Å²) in [6, 6.07) is 2.90. The number of nitrogens with zero attached hydrogens (tertiary/aromatic N) is 3. The summed E-state index contributed by atoms with van der Waals surface area (Å²) < 4.78 is 39.3. The predicted octanol–water partition coefficient (Wildman–Crippen LogP) is 4.92. The zero-order valence-corrected chi connectivity index (χ0v) is 14.5. The van der Waals surface area contributed by atoms with E-state index in [1.807, 2.05) is 13.8 Å². The van der Waals surface area contributed by atoms with Gasteiger partial charge in [-0.15, -0.1) is 0 Å². The van der Waals surface area contributed by atoms with Gasteiger partial charge < -0.3 is 0 Å². The zero-order chi connectivity index (χ0) is 18.6. The molecule has 136 valence electrons. The average molecular weight is 353 g/mol. The van der Waals surface area contributed by atoms with Crippen LogP contribution in [0.3, 0.4) is 0 Å². The van der Waals surface area contributed by atoms with Crippen molar-refractivity contribution in [1.82, 2.24) is 14.8 Å². The molecule has 1 saturated carbocycles. The Labute approximate surface area is 145 Å². The van der Waals surface area contributed by atoms with Gasteiger partial charge in [0, 0.05) is 43.0 Å². The molecule has 0 radical (unpaired) electrons. The van der Waals surface area contributed by atoms with Gasteiger partial charge in [0.1, 0.15) is 5.78 Å². The summed E-state index contributed by atoms with van der Waals surface area (Å²) in [6.45, 7) is 6.02. The minimum absolute atomic E-state index is 0.164. The van der Waals surface area contributed by atoms with E-state index < -0.39 is 11.7 Å². The Hall–Kier alpha value is -2.18. The van der Waals surface area contributed by atoms with Gasteiger partial charge in [0.05, 0.1) is 11.3 Å². The molecule has 1 atom stereocenters. The van der Waals surface area contributed by atoms with Crippen LogP contribution in [0.25, 0.3) is 11.3 Å². The number of carbonyl (C=O) groups is 1. The summed E-state index contributed by atoms with van der Waals surface area (Å²) in [4.78, 5) is 14.1. The largest absolute Gasteiger partial charge is 0.417 e. The van der Waals surface area contributed by atoms with Gasteiger partial charge in [0.15, 0.2) is 0 Å². The van der Waals surface area contributed by atoms with E-state index in [0.29, 0.717) is 23.0 Å². The third-order valence-electron chi connectivity index (χ3n) is 3.99. The third kappa shape index (κ3) is 5.41. The second-order valence-corrected chi connectivity index (χ2v) is 6.62. The van der Waals surface area contributed by atoms with E-state index in [0.717, 1.165) is 31.5 Å². The lowest BCUT2D eigenvalue weighted by molar-refractivity contribution is -0.137. The molecule has 2 aromatic rings. The first kappa shape index (κ1) is 19.1. The molecule has 1 aliphatic carbocycles. The van der Waals surface area contributed by atoms with E-state index in [1.54, 1.807) is 16.9 Å². The van der Waals surface area contributed by atoms with E-state index in [2.05, 4.69) is 17.0 Å². The Kier molecular flexibility index (Phi) is 5.98. The molecule has 0 saturated heterocycles. The van der Waals surface area contributed by atoms with E-state index in [1.165, 1.54) is 6.20 Å². The topological polar surface area (TPSA) is 47.8 Å². The normalized spacial score (nSPS) is 17.6. The number of hydrogen-bond acceptors (Lipinski definition) is 3. The van der Waals surface area contributed by atoms with Crippen molar-refractivity contribution >= 4 is 5.78 Å². The number of Topliss-reactive ketones (excluding diaryl/α,β-unsaturated/α-hetero) is 1. The zero-order valence-electron chi connectivity index (χ0n) is 14.5. The molecule has 4 nitrogen and oxygen atoms in total. The number of halogens is 3. The summed E-state index contributed by atoms with van der Waals surface area (Å²) >= 11 is 0. The van der Waals surface area contributed by atoms with Gasteiger partial charge in [-0.25, -0.2) is 0 Å². The van der Waals surface area contributed by atoms with E-state index in [4.69, 9.17) is 0 Å².